The van der Waals surface area contributed by atoms with E-state index in [1.807, 2.05) is 60.7 Å². The zero-order valence-electron chi connectivity index (χ0n) is 16.5. The molecule has 3 aromatic carbocycles. The van der Waals surface area contributed by atoms with E-state index in [-0.39, 0.29) is 17.4 Å². The molecule has 0 N–H and O–H groups in total. The van der Waals surface area contributed by atoms with Crippen molar-refractivity contribution in [1.82, 2.24) is 15.0 Å². The number of nitrogens with zero attached hydrogens (tertiary/aromatic N) is 4. The molecule has 0 saturated heterocycles. The summed E-state index contributed by atoms with van der Waals surface area (Å²) < 4.78 is 1.65. The Balaban J connectivity index is 1.67. The lowest BCUT2D eigenvalue weighted by molar-refractivity contribution is -0.384. The number of carbonyl (C=O) groups is 1. The lowest BCUT2D eigenvalue weighted by atomic mass is 9.77. The molecule has 7 heteroatoms. The Bertz CT molecular complexity index is 1330. The fourth-order valence-electron chi connectivity index (χ4n) is 4.27. The summed E-state index contributed by atoms with van der Waals surface area (Å²) in [6, 6.07) is 23.1. The van der Waals surface area contributed by atoms with E-state index >= 15 is 0 Å². The molecule has 0 radical (unpaired) electrons. The molecule has 7 nitrogen and oxygen atoms in total. The van der Waals surface area contributed by atoms with Gasteiger partial charge in [-0.25, -0.2) is 4.68 Å². The van der Waals surface area contributed by atoms with Crippen LogP contribution in [0.1, 0.15) is 29.5 Å². The van der Waals surface area contributed by atoms with Crippen molar-refractivity contribution in [3.8, 4) is 0 Å². The lowest BCUT2D eigenvalue weighted by Gasteiger charge is -2.31. The largest absolute Gasteiger partial charge is 0.292 e. The van der Waals surface area contributed by atoms with Crippen LogP contribution >= 0.6 is 0 Å². The van der Waals surface area contributed by atoms with Crippen LogP contribution in [0.5, 0.6) is 0 Å². The molecule has 0 aliphatic heterocycles. The quantitative estimate of drug-likeness (QED) is 0.359. The number of ketones is 1. The van der Waals surface area contributed by atoms with Gasteiger partial charge in [0.05, 0.1) is 10.4 Å². The van der Waals surface area contributed by atoms with Crippen molar-refractivity contribution in [2.45, 2.75) is 18.4 Å². The van der Waals surface area contributed by atoms with Crippen LogP contribution in [0.15, 0.2) is 84.9 Å². The van der Waals surface area contributed by atoms with Gasteiger partial charge in [-0.2, -0.15) is 0 Å². The van der Waals surface area contributed by atoms with Crippen LogP contribution in [0.4, 0.5) is 5.69 Å². The number of allylic oxidation sites excluding steroid dienone is 2. The van der Waals surface area contributed by atoms with Crippen LogP contribution in [-0.4, -0.2) is 25.7 Å². The fourth-order valence-corrected chi connectivity index (χ4v) is 4.27. The maximum atomic E-state index is 13.4. The molecular weight excluding hydrogens is 392 g/mol. The van der Waals surface area contributed by atoms with E-state index in [1.165, 1.54) is 6.07 Å². The summed E-state index contributed by atoms with van der Waals surface area (Å²) in [6.07, 6.45) is 2.22. The van der Waals surface area contributed by atoms with E-state index in [0.29, 0.717) is 11.9 Å². The minimum absolute atomic E-state index is 0.00274. The molecule has 0 spiro atoms. The van der Waals surface area contributed by atoms with Crippen molar-refractivity contribution in [1.29, 1.82) is 0 Å². The van der Waals surface area contributed by atoms with E-state index in [2.05, 4.69) is 10.3 Å². The maximum Gasteiger partial charge on any atom is 0.269 e. The van der Waals surface area contributed by atoms with Crippen LogP contribution in [0.25, 0.3) is 16.6 Å². The monoisotopic (exact) mass is 410 g/mol. The molecule has 0 fully saturated rings. The van der Waals surface area contributed by atoms with Crippen molar-refractivity contribution in [2.24, 2.45) is 0 Å². The Morgan fingerprint density at radius 1 is 0.968 bits per heavy atom. The SMILES string of the molecule is O=C1C=C(c2ccccc2)CC(c2cccc([N+](=O)[O-])c2)C1n1nnc2ccccc21. The number of carbonyl (C=O) groups excluding carboxylic acids is 1. The fraction of sp³-hybridized carbons (Fsp3) is 0.125. The number of aromatic nitrogens is 3. The average molecular weight is 410 g/mol. The molecule has 0 bridgehead atoms. The van der Waals surface area contributed by atoms with Gasteiger partial charge in [-0.05, 0) is 41.3 Å². The van der Waals surface area contributed by atoms with Crippen LogP contribution in [0.2, 0.25) is 0 Å². The third-order valence-corrected chi connectivity index (χ3v) is 5.72. The molecule has 0 amide bonds. The Labute approximate surface area is 177 Å². The second-order valence-corrected chi connectivity index (χ2v) is 7.57. The van der Waals surface area contributed by atoms with E-state index in [4.69, 9.17) is 0 Å². The van der Waals surface area contributed by atoms with E-state index < -0.39 is 11.0 Å². The molecule has 2 atom stereocenters. The standard InChI is InChI=1S/C24H18N4O3/c29-23-15-18(16-7-2-1-3-8-16)14-20(17-9-6-10-19(13-17)28(30)31)24(23)27-22-12-5-4-11-21(22)25-26-27/h1-13,15,20,24H,14H2. The highest BCUT2D eigenvalue weighted by Gasteiger charge is 2.37. The molecule has 5 rings (SSSR count). The maximum absolute atomic E-state index is 13.4. The smallest absolute Gasteiger partial charge is 0.269 e. The number of para-hydroxylation sites is 1. The molecule has 1 heterocycles. The number of hydrogen-bond acceptors (Lipinski definition) is 5. The van der Waals surface area contributed by atoms with Gasteiger partial charge >= 0.3 is 0 Å². The average Bonchev–Trinajstić information content (AvgIpc) is 3.23. The summed E-state index contributed by atoms with van der Waals surface area (Å²) in [6.45, 7) is 0. The lowest BCUT2D eigenvalue weighted by Crippen LogP contribution is -2.29. The molecule has 31 heavy (non-hydrogen) atoms. The summed E-state index contributed by atoms with van der Waals surface area (Å²) in [5.74, 6) is -0.421. The molecule has 1 aliphatic carbocycles. The zero-order valence-corrected chi connectivity index (χ0v) is 16.5. The third-order valence-electron chi connectivity index (χ3n) is 5.72. The highest BCUT2D eigenvalue weighted by Crippen LogP contribution is 2.43. The molecule has 1 aromatic heterocycles. The van der Waals surface area contributed by atoms with Crippen LogP contribution in [0, 0.1) is 10.1 Å². The zero-order chi connectivity index (χ0) is 21.4. The van der Waals surface area contributed by atoms with E-state index in [9.17, 15) is 14.9 Å². The van der Waals surface area contributed by atoms with Gasteiger partial charge in [-0.15, -0.1) is 5.10 Å². The van der Waals surface area contributed by atoms with Gasteiger partial charge in [0.1, 0.15) is 11.6 Å². The number of nitro groups is 1. The van der Waals surface area contributed by atoms with Crippen molar-refractivity contribution >= 4 is 28.1 Å². The van der Waals surface area contributed by atoms with Gasteiger partial charge in [0.25, 0.3) is 5.69 Å². The Morgan fingerprint density at radius 3 is 2.55 bits per heavy atom. The molecular formula is C24H18N4O3. The molecule has 4 aromatic rings. The third kappa shape index (κ3) is 3.40. The number of nitro benzene ring substituents is 1. The number of fused-ring (bicyclic) bond motifs is 1. The summed E-state index contributed by atoms with van der Waals surface area (Å²) in [5.41, 5.74) is 4.06. The number of non-ortho nitro benzene ring substituents is 1. The second-order valence-electron chi connectivity index (χ2n) is 7.57. The predicted molar refractivity (Wildman–Crippen MR) is 116 cm³/mol. The second kappa shape index (κ2) is 7.60. The number of hydrogen-bond donors (Lipinski definition) is 0. The first-order chi connectivity index (χ1) is 15.1. The van der Waals surface area contributed by atoms with Crippen LogP contribution < -0.4 is 0 Å². The minimum atomic E-state index is -0.637. The van der Waals surface area contributed by atoms with Gasteiger partial charge in [-0.3, -0.25) is 14.9 Å². The highest BCUT2D eigenvalue weighted by molar-refractivity contribution is 6.02. The molecule has 1 aliphatic rings. The first-order valence-corrected chi connectivity index (χ1v) is 9.96. The van der Waals surface area contributed by atoms with Crippen LogP contribution in [0.3, 0.4) is 0 Å². The Hall–Kier alpha value is -4.13. The summed E-state index contributed by atoms with van der Waals surface area (Å²) in [7, 11) is 0. The van der Waals surface area contributed by atoms with Gasteiger partial charge < -0.3 is 0 Å². The Morgan fingerprint density at radius 2 is 1.74 bits per heavy atom. The van der Waals surface area contributed by atoms with Crippen molar-refractivity contribution in [3.63, 3.8) is 0 Å². The van der Waals surface area contributed by atoms with Gasteiger partial charge in [-0.1, -0.05) is 59.8 Å². The summed E-state index contributed by atoms with van der Waals surface area (Å²) in [5, 5.41) is 19.9. The minimum Gasteiger partial charge on any atom is -0.292 e. The Kier molecular flexibility index (Phi) is 4.63. The van der Waals surface area contributed by atoms with Crippen LogP contribution in [-0.2, 0) is 4.79 Å². The molecule has 2 unspecified atom stereocenters. The van der Waals surface area contributed by atoms with E-state index in [0.717, 1.165) is 22.2 Å². The highest BCUT2D eigenvalue weighted by atomic mass is 16.6. The van der Waals surface area contributed by atoms with Gasteiger partial charge in [0.15, 0.2) is 5.78 Å². The first kappa shape index (κ1) is 18.9. The molecule has 152 valence electrons. The predicted octanol–water partition coefficient (Wildman–Crippen LogP) is 4.72. The normalized spacial score (nSPS) is 18.7. The van der Waals surface area contributed by atoms with Crippen molar-refractivity contribution in [3.05, 3.63) is 106 Å². The van der Waals surface area contributed by atoms with Gasteiger partial charge in [0, 0.05) is 18.1 Å². The van der Waals surface area contributed by atoms with Crippen molar-refractivity contribution in [2.75, 3.05) is 0 Å². The van der Waals surface area contributed by atoms with Crippen molar-refractivity contribution < 1.29 is 9.72 Å². The number of benzene rings is 3. The summed E-state index contributed by atoms with van der Waals surface area (Å²) in [4.78, 5) is 24.4. The summed E-state index contributed by atoms with van der Waals surface area (Å²) >= 11 is 0. The topological polar surface area (TPSA) is 90.9 Å². The first-order valence-electron chi connectivity index (χ1n) is 9.96. The molecule has 0 saturated carbocycles. The van der Waals surface area contributed by atoms with E-state index in [1.54, 1.807) is 22.9 Å². The number of rotatable bonds is 4. The van der Waals surface area contributed by atoms with Gasteiger partial charge in [0.2, 0.25) is 0 Å².